The summed E-state index contributed by atoms with van der Waals surface area (Å²) in [6.07, 6.45) is 12.4. The quantitative estimate of drug-likeness (QED) is 0.162. The topological polar surface area (TPSA) is 68.7 Å². The van der Waals surface area contributed by atoms with Crippen LogP contribution in [0.2, 0.25) is 0 Å². The van der Waals surface area contributed by atoms with Crippen LogP contribution in [-0.4, -0.2) is 15.5 Å². The van der Waals surface area contributed by atoms with Gasteiger partial charge in [-0.05, 0) is 36.1 Å². The van der Waals surface area contributed by atoms with Gasteiger partial charge in [0.1, 0.15) is 11.5 Å². The van der Waals surface area contributed by atoms with Crippen LogP contribution in [0.4, 0.5) is 11.6 Å². The van der Waals surface area contributed by atoms with Crippen LogP contribution in [0.15, 0.2) is 149 Å². The second-order valence-corrected chi connectivity index (χ2v) is 11.6. The maximum atomic E-state index is 7.28. The minimum absolute atomic E-state index is 0.122. The van der Waals surface area contributed by atoms with Crippen molar-refractivity contribution in [2.75, 3.05) is 4.90 Å². The number of nitrogens with two attached hydrogens (primary N) is 1. The first-order valence-corrected chi connectivity index (χ1v) is 15.1. The number of aromatic nitrogens is 2. The van der Waals surface area contributed by atoms with Crippen molar-refractivity contribution in [2.24, 2.45) is 16.6 Å². The van der Waals surface area contributed by atoms with E-state index in [4.69, 9.17) is 20.4 Å². The Balaban J connectivity index is 1.39. The molecule has 0 spiro atoms. The minimum Gasteiger partial charge on any atom is -0.461 e. The van der Waals surface area contributed by atoms with Gasteiger partial charge in [0.05, 0.1) is 28.1 Å². The lowest BCUT2D eigenvalue weighted by atomic mass is 9.87. The summed E-state index contributed by atoms with van der Waals surface area (Å²) in [5.74, 6) is 2.97. The number of anilines is 2. The van der Waals surface area contributed by atoms with E-state index in [-0.39, 0.29) is 5.92 Å². The van der Waals surface area contributed by atoms with Gasteiger partial charge in [0.25, 0.3) is 0 Å². The van der Waals surface area contributed by atoms with Crippen molar-refractivity contribution >= 4 is 39.4 Å². The van der Waals surface area contributed by atoms with E-state index < -0.39 is 0 Å². The predicted molar refractivity (Wildman–Crippen MR) is 178 cm³/mol. The molecule has 0 amide bonds. The Hall–Kier alpha value is -5.62. The number of imidazole rings is 1. The van der Waals surface area contributed by atoms with Gasteiger partial charge in [0.2, 0.25) is 11.9 Å². The van der Waals surface area contributed by atoms with Crippen LogP contribution in [0.25, 0.3) is 38.6 Å². The highest BCUT2D eigenvalue weighted by molar-refractivity contribution is 6.15. The Morgan fingerprint density at radius 2 is 1.80 bits per heavy atom. The van der Waals surface area contributed by atoms with Gasteiger partial charge < -0.3 is 10.5 Å². The van der Waals surface area contributed by atoms with E-state index in [1.54, 1.807) is 0 Å². The van der Waals surface area contributed by atoms with E-state index in [0.29, 0.717) is 11.9 Å². The number of fused-ring (bicyclic) bond motifs is 10. The number of guanidine groups is 1. The SMILES string of the molecule is CC1C=CC=C2OC3=C(C=CCC3)C(N=C(N)N3c4c(ccc5ccccc45)-c4ccccc4-n4c3nc3ccccc34)=C21. The molecule has 1 atom stereocenters. The van der Waals surface area contributed by atoms with Gasteiger partial charge in [-0.2, -0.15) is 0 Å². The van der Waals surface area contributed by atoms with E-state index in [9.17, 15) is 0 Å². The highest BCUT2D eigenvalue weighted by atomic mass is 16.5. The summed E-state index contributed by atoms with van der Waals surface area (Å²) in [4.78, 5) is 12.6. The lowest BCUT2D eigenvalue weighted by Crippen LogP contribution is -2.36. The number of benzene rings is 4. The van der Waals surface area contributed by atoms with Crippen LogP contribution < -0.4 is 10.6 Å². The standard InChI is InChI=1S/C38H29N5O/c1-23-11-10-20-33-34(23)35(28-15-5-9-19-32(28)44-33)41-37(39)43-36-25-13-3-2-12-24(25)21-22-27(36)26-14-4-7-17-30(26)42-31-18-8-6-16-29(31)40-38(42)43/h2-8,10-18,20-23H,9,19H2,1H3,(H2,39,41). The van der Waals surface area contributed by atoms with E-state index in [0.717, 1.165) is 85.5 Å². The number of allylic oxidation sites excluding steroid dienone is 7. The summed E-state index contributed by atoms with van der Waals surface area (Å²) in [6.45, 7) is 2.18. The van der Waals surface area contributed by atoms with Crippen molar-refractivity contribution in [3.8, 4) is 16.8 Å². The molecule has 3 heterocycles. The molecule has 1 aromatic heterocycles. The third kappa shape index (κ3) is 3.54. The fourth-order valence-electron chi connectivity index (χ4n) is 6.99. The number of hydrogen-bond acceptors (Lipinski definition) is 3. The largest absolute Gasteiger partial charge is 0.461 e. The molecule has 44 heavy (non-hydrogen) atoms. The lowest BCUT2D eigenvalue weighted by Gasteiger charge is -2.31. The zero-order valence-corrected chi connectivity index (χ0v) is 24.2. The molecule has 5 aromatic rings. The molecule has 2 aliphatic heterocycles. The number of hydrogen-bond donors (Lipinski definition) is 1. The highest BCUT2D eigenvalue weighted by Crippen LogP contribution is 2.48. The lowest BCUT2D eigenvalue weighted by molar-refractivity contribution is 0.281. The molecule has 0 radical (unpaired) electrons. The summed E-state index contributed by atoms with van der Waals surface area (Å²) in [6, 6.07) is 29.6. The van der Waals surface area contributed by atoms with Crippen LogP contribution in [0.5, 0.6) is 0 Å². The third-order valence-electron chi connectivity index (χ3n) is 8.99. The predicted octanol–water partition coefficient (Wildman–Crippen LogP) is 8.59. The van der Waals surface area contributed by atoms with Crippen LogP contribution in [-0.2, 0) is 4.74 Å². The van der Waals surface area contributed by atoms with Gasteiger partial charge >= 0.3 is 0 Å². The summed E-state index contributed by atoms with van der Waals surface area (Å²) < 4.78 is 8.65. The molecule has 4 aromatic carbocycles. The van der Waals surface area contributed by atoms with E-state index >= 15 is 0 Å². The Labute approximate surface area is 255 Å². The van der Waals surface area contributed by atoms with Crippen LogP contribution >= 0.6 is 0 Å². The molecule has 4 aliphatic rings. The number of ether oxygens (including phenoxy) is 1. The summed E-state index contributed by atoms with van der Waals surface area (Å²) in [5, 5.41) is 2.20. The molecule has 212 valence electrons. The molecule has 0 saturated heterocycles. The van der Waals surface area contributed by atoms with Crippen molar-refractivity contribution in [3.05, 3.63) is 144 Å². The first-order valence-electron chi connectivity index (χ1n) is 15.1. The molecule has 2 aliphatic carbocycles. The van der Waals surface area contributed by atoms with Crippen LogP contribution in [0, 0.1) is 5.92 Å². The summed E-state index contributed by atoms with van der Waals surface area (Å²) in [7, 11) is 0. The highest BCUT2D eigenvalue weighted by Gasteiger charge is 2.34. The van der Waals surface area contributed by atoms with Crippen molar-refractivity contribution in [1.82, 2.24) is 9.55 Å². The van der Waals surface area contributed by atoms with Gasteiger partial charge in [-0.1, -0.05) is 98.0 Å². The second kappa shape index (κ2) is 9.44. The number of rotatable bonds is 1. The molecule has 0 fully saturated rings. The number of para-hydroxylation sites is 3. The molecule has 0 saturated carbocycles. The Bertz CT molecular complexity index is 2240. The first kappa shape index (κ1) is 24.9. The second-order valence-electron chi connectivity index (χ2n) is 11.6. The van der Waals surface area contributed by atoms with Crippen molar-refractivity contribution in [3.63, 3.8) is 0 Å². The van der Waals surface area contributed by atoms with Crippen LogP contribution in [0.3, 0.4) is 0 Å². The summed E-state index contributed by atoms with van der Waals surface area (Å²) >= 11 is 0. The van der Waals surface area contributed by atoms with E-state index in [1.165, 1.54) is 0 Å². The zero-order chi connectivity index (χ0) is 29.4. The average Bonchev–Trinajstić information content (AvgIpc) is 3.38. The molecule has 2 N–H and O–H groups in total. The number of aliphatic imine (C=N–C) groups is 1. The normalized spacial score (nSPS) is 18.8. The van der Waals surface area contributed by atoms with Crippen molar-refractivity contribution in [1.29, 1.82) is 0 Å². The Kier molecular flexibility index (Phi) is 5.35. The fraction of sp³-hybridized carbons (Fsp3) is 0.105. The average molecular weight is 572 g/mol. The zero-order valence-electron chi connectivity index (χ0n) is 24.2. The van der Waals surface area contributed by atoms with Gasteiger partial charge in [-0.3, -0.25) is 4.57 Å². The minimum atomic E-state index is 0.122. The van der Waals surface area contributed by atoms with E-state index in [1.807, 2.05) is 12.1 Å². The van der Waals surface area contributed by atoms with Gasteiger partial charge in [-0.25, -0.2) is 14.9 Å². The van der Waals surface area contributed by atoms with Crippen molar-refractivity contribution < 1.29 is 4.74 Å². The third-order valence-corrected chi connectivity index (χ3v) is 8.99. The summed E-state index contributed by atoms with van der Waals surface area (Å²) in [5.41, 5.74) is 16.3. The number of nitrogens with zero attached hydrogens (tertiary/aromatic N) is 4. The molecule has 9 rings (SSSR count). The van der Waals surface area contributed by atoms with Crippen molar-refractivity contribution in [2.45, 2.75) is 19.8 Å². The first-order chi connectivity index (χ1) is 21.7. The van der Waals surface area contributed by atoms with Gasteiger partial charge in [0, 0.05) is 40.0 Å². The Morgan fingerprint density at radius 3 is 2.75 bits per heavy atom. The molecule has 6 heteroatoms. The molecule has 6 nitrogen and oxygen atoms in total. The molecule has 0 bridgehead atoms. The fourth-order valence-corrected chi connectivity index (χ4v) is 6.99. The van der Waals surface area contributed by atoms with Gasteiger partial charge in [0.15, 0.2) is 0 Å². The maximum absolute atomic E-state index is 7.28. The van der Waals surface area contributed by atoms with E-state index in [2.05, 4.69) is 120 Å². The smallest absolute Gasteiger partial charge is 0.222 e. The Morgan fingerprint density at radius 1 is 0.955 bits per heavy atom. The molecular formula is C38H29N5O. The monoisotopic (exact) mass is 571 g/mol. The molecular weight excluding hydrogens is 542 g/mol. The maximum Gasteiger partial charge on any atom is 0.222 e. The van der Waals surface area contributed by atoms with Crippen LogP contribution in [0.1, 0.15) is 19.8 Å². The molecule has 1 unspecified atom stereocenters. The van der Waals surface area contributed by atoms with Gasteiger partial charge in [-0.15, -0.1) is 0 Å².